The lowest BCUT2D eigenvalue weighted by Gasteiger charge is -2.30. The van der Waals surface area contributed by atoms with E-state index < -0.39 is 11.5 Å². The molecular weight excluding hydrogens is 178 g/mol. The minimum Gasteiger partial charge on any atom is -0.480 e. The van der Waals surface area contributed by atoms with Gasteiger partial charge in [0.1, 0.15) is 5.54 Å². The first-order valence-corrected chi connectivity index (χ1v) is 5.20. The monoisotopic (exact) mass is 201 g/mol. The predicted molar refractivity (Wildman–Crippen MR) is 58.4 cm³/mol. The molecule has 3 nitrogen and oxygen atoms in total. The lowest BCUT2D eigenvalue weighted by Crippen LogP contribution is -2.49. The standard InChI is InChI=1S/C11H23NO2/c1-6-7-10(2,3)8-12-11(4,5)9(13)14/h12H,6-8H2,1-5H3,(H,13,14). The molecule has 0 amide bonds. The number of hydrogen-bond donors (Lipinski definition) is 2. The second-order valence-electron chi connectivity index (χ2n) is 5.20. The van der Waals surface area contributed by atoms with Gasteiger partial charge in [0.2, 0.25) is 0 Å². The quantitative estimate of drug-likeness (QED) is 0.693. The third-order valence-electron chi connectivity index (χ3n) is 2.47. The van der Waals surface area contributed by atoms with Gasteiger partial charge in [0.05, 0.1) is 0 Å². The topological polar surface area (TPSA) is 49.3 Å². The molecule has 0 atom stereocenters. The summed E-state index contributed by atoms with van der Waals surface area (Å²) in [5.41, 5.74) is -0.660. The molecule has 14 heavy (non-hydrogen) atoms. The Balaban J connectivity index is 4.10. The van der Waals surface area contributed by atoms with Gasteiger partial charge >= 0.3 is 5.97 Å². The van der Waals surface area contributed by atoms with Gasteiger partial charge in [-0.1, -0.05) is 27.2 Å². The molecule has 0 aliphatic heterocycles. The maximum atomic E-state index is 10.8. The van der Waals surface area contributed by atoms with Gasteiger partial charge in [0, 0.05) is 6.54 Å². The largest absolute Gasteiger partial charge is 0.480 e. The molecule has 0 heterocycles. The Morgan fingerprint density at radius 1 is 1.29 bits per heavy atom. The van der Waals surface area contributed by atoms with E-state index in [9.17, 15) is 4.79 Å². The average molecular weight is 201 g/mol. The zero-order valence-corrected chi connectivity index (χ0v) is 9.98. The first kappa shape index (κ1) is 13.4. The summed E-state index contributed by atoms with van der Waals surface area (Å²) in [5, 5.41) is 12.0. The highest BCUT2D eigenvalue weighted by molar-refractivity contribution is 5.77. The average Bonchev–Trinajstić information content (AvgIpc) is 2.01. The zero-order chi connectivity index (χ0) is 11.4. The molecule has 0 aromatic heterocycles. The highest BCUT2D eigenvalue weighted by atomic mass is 16.4. The van der Waals surface area contributed by atoms with Gasteiger partial charge in [-0.3, -0.25) is 4.79 Å². The number of rotatable bonds is 6. The van der Waals surface area contributed by atoms with E-state index in [1.54, 1.807) is 13.8 Å². The Kier molecular flexibility index (Phi) is 4.59. The highest BCUT2D eigenvalue weighted by Crippen LogP contribution is 2.21. The van der Waals surface area contributed by atoms with E-state index in [0.29, 0.717) is 0 Å². The van der Waals surface area contributed by atoms with Crippen molar-refractivity contribution in [2.45, 2.75) is 53.0 Å². The van der Waals surface area contributed by atoms with Crippen molar-refractivity contribution in [3.8, 4) is 0 Å². The third kappa shape index (κ3) is 4.61. The number of carbonyl (C=O) groups is 1. The number of carboxylic acids is 1. The minimum absolute atomic E-state index is 0.168. The Bertz CT molecular complexity index is 197. The minimum atomic E-state index is -0.828. The fourth-order valence-electron chi connectivity index (χ4n) is 1.30. The van der Waals surface area contributed by atoms with Gasteiger partial charge < -0.3 is 10.4 Å². The Labute approximate surface area is 86.9 Å². The summed E-state index contributed by atoms with van der Waals surface area (Å²) in [6.07, 6.45) is 2.23. The molecule has 2 N–H and O–H groups in total. The van der Waals surface area contributed by atoms with E-state index >= 15 is 0 Å². The van der Waals surface area contributed by atoms with Gasteiger partial charge in [0.15, 0.2) is 0 Å². The van der Waals surface area contributed by atoms with Crippen LogP contribution in [0.2, 0.25) is 0 Å². The third-order valence-corrected chi connectivity index (χ3v) is 2.47. The van der Waals surface area contributed by atoms with Gasteiger partial charge in [-0.15, -0.1) is 0 Å². The molecule has 0 unspecified atom stereocenters. The molecule has 0 rings (SSSR count). The van der Waals surface area contributed by atoms with Crippen molar-refractivity contribution in [1.29, 1.82) is 0 Å². The molecule has 0 aliphatic carbocycles. The van der Waals surface area contributed by atoms with Gasteiger partial charge in [-0.2, -0.15) is 0 Å². The Hall–Kier alpha value is -0.570. The second kappa shape index (κ2) is 4.78. The van der Waals surface area contributed by atoms with E-state index in [4.69, 9.17) is 5.11 Å². The molecule has 0 aromatic rings. The molecule has 3 heteroatoms. The van der Waals surface area contributed by atoms with Crippen molar-refractivity contribution < 1.29 is 9.90 Å². The van der Waals surface area contributed by atoms with Crippen LogP contribution in [0.5, 0.6) is 0 Å². The number of aliphatic carboxylic acids is 1. The van der Waals surface area contributed by atoms with Crippen LogP contribution in [-0.4, -0.2) is 23.2 Å². The van der Waals surface area contributed by atoms with Crippen molar-refractivity contribution >= 4 is 5.97 Å². The molecule has 0 spiro atoms. The lowest BCUT2D eigenvalue weighted by molar-refractivity contribution is -0.143. The Morgan fingerprint density at radius 3 is 2.14 bits per heavy atom. The number of nitrogens with one attached hydrogen (secondary N) is 1. The number of carboxylic acid groups (broad SMARTS) is 1. The fraction of sp³-hybridized carbons (Fsp3) is 0.909. The maximum Gasteiger partial charge on any atom is 0.323 e. The summed E-state index contributed by atoms with van der Waals surface area (Å²) < 4.78 is 0. The molecule has 0 saturated heterocycles. The predicted octanol–water partition coefficient (Wildman–Crippen LogP) is 2.27. The molecule has 0 saturated carbocycles. The molecule has 84 valence electrons. The van der Waals surface area contributed by atoms with Crippen LogP contribution < -0.4 is 5.32 Å². The van der Waals surface area contributed by atoms with Crippen LogP contribution >= 0.6 is 0 Å². The van der Waals surface area contributed by atoms with Crippen LogP contribution in [0.15, 0.2) is 0 Å². The highest BCUT2D eigenvalue weighted by Gasteiger charge is 2.28. The van der Waals surface area contributed by atoms with E-state index in [1.165, 1.54) is 0 Å². The summed E-state index contributed by atoms with van der Waals surface area (Å²) in [4.78, 5) is 10.8. The molecule has 0 bridgehead atoms. The summed E-state index contributed by atoms with van der Waals surface area (Å²) in [7, 11) is 0. The van der Waals surface area contributed by atoms with Crippen LogP contribution in [0, 0.1) is 5.41 Å². The molecule has 0 aliphatic rings. The van der Waals surface area contributed by atoms with Gasteiger partial charge in [-0.05, 0) is 25.7 Å². The SMILES string of the molecule is CCCC(C)(C)CNC(C)(C)C(=O)O. The zero-order valence-electron chi connectivity index (χ0n) is 9.98. The normalized spacial score (nSPS) is 12.9. The second-order valence-corrected chi connectivity index (χ2v) is 5.20. The van der Waals surface area contributed by atoms with Crippen molar-refractivity contribution in [1.82, 2.24) is 5.32 Å². The van der Waals surface area contributed by atoms with Crippen molar-refractivity contribution in [2.24, 2.45) is 5.41 Å². The Morgan fingerprint density at radius 2 is 1.79 bits per heavy atom. The summed E-state index contributed by atoms with van der Waals surface area (Å²) in [6, 6.07) is 0. The lowest BCUT2D eigenvalue weighted by atomic mass is 9.87. The van der Waals surface area contributed by atoms with Crippen LogP contribution in [0.3, 0.4) is 0 Å². The molecule has 0 aromatic carbocycles. The van der Waals surface area contributed by atoms with Gasteiger partial charge in [-0.25, -0.2) is 0 Å². The van der Waals surface area contributed by atoms with Gasteiger partial charge in [0.25, 0.3) is 0 Å². The van der Waals surface area contributed by atoms with E-state index in [0.717, 1.165) is 19.4 Å². The maximum absolute atomic E-state index is 10.8. The van der Waals surface area contributed by atoms with Crippen molar-refractivity contribution in [2.75, 3.05) is 6.54 Å². The smallest absolute Gasteiger partial charge is 0.323 e. The summed E-state index contributed by atoms with van der Waals surface area (Å²) in [6.45, 7) is 10.6. The van der Waals surface area contributed by atoms with E-state index in [1.807, 2.05) is 0 Å². The van der Waals surface area contributed by atoms with Crippen molar-refractivity contribution in [3.05, 3.63) is 0 Å². The van der Waals surface area contributed by atoms with Crippen LogP contribution in [0.25, 0.3) is 0 Å². The summed E-state index contributed by atoms with van der Waals surface area (Å²) in [5.74, 6) is -0.801. The summed E-state index contributed by atoms with van der Waals surface area (Å²) >= 11 is 0. The first-order chi connectivity index (χ1) is 6.21. The molecular formula is C11H23NO2. The molecule has 0 radical (unpaired) electrons. The van der Waals surface area contributed by atoms with Crippen LogP contribution in [-0.2, 0) is 4.79 Å². The van der Waals surface area contributed by atoms with Crippen LogP contribution in [0.1, 0.15) is 47.5 Å². The van der Waals surface area contributed by atoms with Crippen molar-refractivity contribution in [3.63, 3.8) is 0 Å². The number of hydrogen-bond acceptors (Lipinski definition) is 2. The fourth-order valence-corrected chi connectivity index (χ4v) is 1.30. The van der Waals surface area contributed by atoms with E-state index in [2.05, 4.69) is 26.1 Å². The van der Waals surface area contributed by atoms with Crippen LogP contribution in [0.4, 0.5) is 0 Å². The van der Waals surface area contributed by atoms with E-state index in [-0.39, 0.29) is 5.41 Å². The molecule has 0 fully saturated rings. The first-order valence-electron chi connectivity index (χ1n) is 5.20.